The maximum absolute atomic E-state index is 12.4. The molecule has 3 rings (SSSR count). The first-order valence-corrected chi connectivity index (χ1v) is 7.80. The van der Waals surface area contributed by atoms with Crippen LogP contribution in [-0.2, 0) is 0 Å². The van der Waals surface area contributed by atoms with Crippen molar-refractivity contribution in [3.63, 3.8) is 0 Å². The van der Waals surface area contributed by atoms with Crippen LogP contribution in [0.5, 0.6) is 0 Å². The van der Waals surface area contributed by atoms with Crippen LogP contribution in [0.25, 0.3) is 10.8 Å². The molecule has 0 bridgehead atoms. The van der Waals surface area contributed by atoms with E-state index in [9.17, 15) is 4.79 Å². The molecule has 0 unspecified atom stereocenters. The van der Waals surface area contributed by atoms with Crippen molar-refractivity contribution in [3.8, 4) is 10.8 Å². The topological polar surface area (TPSA) is 93.8 Å². The van der Waals surface area contributed by atoms with Gasteiger partial charge in [-0.15, -0.1) is 11.3 Å². The van der Waals surface area contributed by atoms with Crippen molar-refractivity contribution in [2.45, 2.75) is 31.2 Å². The molecule has 3 N–H and O–H groups in total. The molecule has 1 fully saturated rings. The van der Waals surface area contributed by atoms with Gasteiger partial charge in [0.2, 0.25) is 0 Å². The molecule has 6 nitrogen and oxygen atoms in total. The third-order valence-corrected chi connectivity index (χ3v) is 4.81. The Morgan fingerprint density at radius 1 is 1.29 bits per heavy atom. The van der Waals surface area contributed by atoms with Crippen molar-refractivity contribution in [1.29, 1.82) is 0 Å². The number of hydrogen-bond acceptors (Lipinski definition) is 6. The molecule has 1 aliphatic carbocycles. The van der Waals surface area contributed by atoms with E-state index in [1.54, 1.807) is 24.7 Å². The summed E-state index contributed by atoms with van der Waals surface area (Å²) < 4.78 is 0. The highest BCUT2D eigenvalue weighted by molar-refractivity contribution is 7.16. The first kappa shape index (κ1) is 14.1. The van der Waals surface area contributed by atoms with Crippen LogP contribution in [-0.4, -0.2) is 32.9 Å². The second-order valence-electron chi connectivity index (χ2n) is 5.25. The Hall–Kier alpha value is -1.86. The van der Waals surface area contributed by atoms with E-state index >= 15 is 0 Å². The molecule has 0 radical (unpaired) electrons. The van der Waals surface area contributed by atoms with Gasteiger partial charge >= 0.3 is 0 Å². The summed E-state index contributed by atoms with van der Waals surface area (Å²) in [6.45, 7) is 0.478. The number of nitrogens with zero attached hydrogens (tertiary/aromatic N) is 3. The molecule has 1 saturated carbocycles. The molecule has 2 heterocycles. The number of nitrogens with two attached hydrogens (primary N) is 1. The van der Waals surface area contributed by atoms with Crippen molar-refractivity contribution in [3.05, 3.63) is 29.5 Å². The second kappa shape index (κ2) is 5.87. The number of thiazole rings is 1. The third kappa shape index (κ3) is 2.93. The predicted octanol–water partition coefficient (Wildman–Crippen LogP) is 1.60. The fourth-order valence-electron chi connectivity index (χ4n) is 2.63. The minimum Gasteiger partial charge on any atom is -0.345 e. The number of carbonyl (C=O) groups is 1. The highest BCUT2D eigenvalue weighted by Gasteiger charge is 2.34. The molecule has 0 aliphatic heterocycles. The maximum Gasteiger partial charge on any atom is 0.263 e. The largest absolute Gasteiger partial charge is 0.345 e. The van der Waals surface area contributed by atoms with Gasteiger partial charge in [-0.25, -0.2) is 15.0 Å². The zero-order valence-corrected chi connectivity index (χ0v) is 12.4. The Morgan fingerprint density at radius 2 is 2.00 bits per heavy atom. The number of rotatable bonds is 4. The summed E-state index contributed by atoms with van der Waals surface area (Å²) in [5.74, 6) is 0.429. The van der Waals surface area contributed by atoms with Crippen LogP contribution >= 0.6 is 11.3 Å². The average molecular weight is 303 g/mol. The number of nitrogens with one attached hydrogen (secondary N) is 1. The van der Waals surface area contributed by atoms with Gasteiger partial charge in [-0.1, -0.05) is 12.8 Å². The molecule has 0 saturated heterocycles. The molecule has 21 heavy (non-hydrogen) atoms. The summed E-state index contributed by atoms with van der Waals surface area (Å²) in [5, 5.41) is 3.74. The van der Waals surface area contributed by atoms with E-state index in [1.807, 2.05) is 0 Å². The molecule has 1 amide bonds. The van der Waals surface area contributed by atoms with Crippen LogP contribution in [0.4, 0.5) is 0 Å². The van der Waals surface area contributed by atoms with Gasteiger partial charge in [-0.3, -0.25) is 4.79 Å². The monoisotopic (exact) mass is 303 g/mol. The van der Waals surface area contributed by atoms with Crippen molar-refractivity contribution < 1.29 is 4.79 Å². The SMILES string of the molecule is NCC1(NC(=O)c2cnc(-c3ncccn3)s2)CCCC1. The van der Waals surface area contributed by atoms with Gasteiger partial charge in [0.15, 0.2) is 10.8 Å². The van der Waals surface area contributed by atoms with Gasteiger partial charge in [-0.2, -0.15) is 0 Å². The lowest BCUT2D eigenvalue weighted by atomic mass is 9.98. The summed E-state index contributed by atoms with van der Waals surface area (Å²) in [7, 11) is 0. The van der Waals surface area contributed by atoms with Gasteiger partial charge in [0, 0.05) is 18.9 Å². The van der Waals surface area contributed by atoms with E-state index in [2.05, 4.69) is 20.3 Å². The normalized spacial score (nSPS) is 16.8. The summed E-state index contributed by atoms with van der Waals surface area (Å²) in [5.41, 5.74) is 5.60. The Bertz CT molecular complexity index is 621. The molecule has 110 valence electrons. The van der Waals surface area contributed by atoms with Crippen LogP contribution in [0.15, 0.2) is 24.7 Å². The first-order valence-electron chi connectivity index (χ1n) is 6.98. The summed E-state index contributed by atoms with van der Waals surface area (Å²) in [4.78, 5) is 25.5. The summed E-state index contributed by atoms with van der Waals surface area (Å²) >= 11 is 1.30. The molecular formula is C14H17N5OS. The fourth-order valence-corrected chi connectivity index (χ4v) is 3.39. The van der Waals surface area contributed by atoms with Crippen LogP contribution in [0, 0.1) is 0 Å². The summed E-state index contributed by atoms with van der Waals surface area (Å²) in [6, 6.07) is 1.75. The maximum atomic E-state index is 12.4. The molecular weight excluding hydrogens is 286 g/mol. The van der Waals surface area contributed by atoms with E-state index in [0.29, 0.717) is 22.3 Å². The lowest BCUT2D eigenvalue weighted by Crippen LogP contribution is -2.51. The van der Waals surface area contributed by atoms with Gasteiger partial charge < -0.3 is 11.1 Å². The minimum atomic E-state index is -0.246. The van der Waals surface area contributed by atoms with Crippen molar-refractivity contribution in [2.24, 2.45) is 5.73 Å². The van der Waals surface area contributed by atoms with Gasteiger partial charge in [-0.05, 0) is 18.9 Å². The van der Waals surface area contributed by atoms with Crippen LogP contribution < -0.4 is 11.1 Å². The molecule has 2 aromatic heterocycles. The molecule has 0 aromatic carbocycles. The molecule has 1 aliphatic rings. The van der Waals surface area contributed by atoms with E-state index in [1.165, 1.54) is 11.3 Å². The lowest BCUT2D eigenvalue weighted by molar-refractivity contribution is 0.0907. The molecule has 0 atom stereocenters. The highest BCUT2D eigenvalue weighted by Crippen LogP contribution is 2.29. The van der Waals surface area contributed by atoms with Crippen LogP contribution in [0.2, 0.25) is 0 Å². The first-order chi connectivity index (χ1) is 10.2. The number of aromatic nitrogens is 3. The average Bonchev–Trinajstić information content (AvgIpc) is 3.18. The third-order valence-electron chi connectivity index (χ3n) is 3.82. The van der Waals surface area contributed by atoms with Gasteiger partial charge in [0.1, 0.15) is 4.88 Å². The van der Waals surface area contributed by atoms with Gasteiger partial charge in [0.05, 0.1) is 11.7 Å². The minimum absolute atomic E-state index is 0.109. The summed E-state index contributed by atoms with van der Waals surface area (Å²) in [6.07, 6.45) is 9.01. The van der Waals surface area contributed by atoms with E-state index in [0.717, 1.165) is 25.7 Å². The predicted molar refractivity (Wildman–Crippen MR) is 80.9 cm³/mol. The fraction of sp³-hybridized carbons (Fsp3) is 0.429. The zero-order chi connectivity index (χ0) is 14.7. The van der Waals surface area contributed by atoms with E-state index in [4.69, 9.17) is 5.73 Å². The van der Waals surface area contributed by atoms with Gasteiger partial charge in [0.25, 0.3) is 5.91 Å². The number of hydrogen-bond donors (Lipinski definition) is 2. The Morgan fingerprint density at radius 3 is 2.67 bits per heavy atom. The van der Waals surface area contributed by atoms with Crippen molar-refractivity contribution in [1.82, 2.24) is 20.3 Å². The van der Waals surface area contributed by atoms with Crippen molar-refractivity contribution in [2.75, 3.05) is 6.54 Å². The molecule has 0 spiro atoms. The van der Waals surface area contributed by atoms with Crippen molar-refractivity contribution >= 4 is 17.2 Å². The zero-order valence-electron chi connectivity index (χ0n) is 11.6. The standard InChI is InChI=1S/C14H17N5OS/c15-9-14(4-1-2-5-14)19-12(20)10-8-18-13(21-10)11-16-6-3-7-17-11/h3,6-8H,1-2,4-5,9,15H2,(H,19,20). The van der Waals surface area contributed by atoms with Crippen LogP contribution in [0.3, 0.4) is 0 Å². The number of amides is 1. The Balaban J connectivity index is 1.75. The van der Waals surface area contributed by atoms with E-state index < -0.39 is 0 Å². The number of carbonyl (C=O) groups excluding carboxylic acids is 1. The van der Waals surface area contributed by atoms with E-state index in [-0.39, 0.29) is 11.4 Å². The molecule has 7 heteroatoms. The Labute approximate surface area is 126 Å². The smallest absolute Gasteiger partial charge is 0.263 e. The lowest BCUT2D eigenvalue weighted by Gasteiger charge is -2.28. The second-order valence-corrected chi connectivity index (χ2v) is 6.28. The highest BCUT2D eigenvalue weighted by atomic mass is 32.1. The van der Waals surface area contributed by atoms with Crippen LogP contribution in [0.1, 0.15) is 35.4 Å². The quantitative estimate of drug-likeness (QED) is 0.894. The molecule has 2 aromatic rings. The Kier molecular flexibility index (Phi) is 3.94.